The Morgan fingerprint density at radius 2 is 1.58 bits per heavy atom. The molecule has 3 N–H and O–H groups in total. The van der Waals surface area contributed by atoms with Gasteiger partial charge in [-0.25, -0.2) is 8.42 Å². The molecule has 3 aromatic carbocycles. The molecular weight excluding hydrogens is 559 g/mol. The van der Waals surface area contributed by atoms with E-state index in [9.17, 15) is 18.0 Å². The number of sulfonamides is 1. The average Bonchev–Trinajstić information content (AvgIpc) is 2.78. The SMILES string of the molecule is O=C(O)Cc1ccc(NC(=O)C(COc2ccccc2)NS(=O)(=O)c2ccc(I)cc2)cc1. The maximum absolute atomic E-state index is 12.9. The number of carbonyl (C=O) groups excluding carboxylic acids is 1. The molecule has 10 heteroatoms. The van der Waals surface area contributed by atoms with Crippen molar-refractivity contribution in [1.82, 2.24) is 4.72 Å². The smallest absolute Gasteiger partial charge is 0.307 e. The number of carboxylic acids is 1. The lowest BCUT2D eigenvalue weighted by Gasteiger charge is -2.19. The molecule has 0 bridgehead atoms. The minimum atomic E-state index is -4.00. The molecule has 0 aliphatic carbocycles. The molecule has 0 fully saturated rings. The molecule has 1 unspecified atom stereocenters. The van der Waals surface area contributed by atoms with E-state index in [1.807, 2.05) is 6.07 Å². The van der Waals surface area contributed by atoms with Crippen LogP contribution in [0.4, 0.5) is 5.69 Å². The second-order valence-corrected chi connectivity index (χ2v) is 9.97. The molecule has 1 atom stereocenters. The second-order valence-electron chi connectivity index (χ2n) is 7.01. The lowest BCUT2D eigenvalue weighted by molar-refractivity contribution is -0.136. The molecule has 3 aromatic rings. The number of para-hydroxylation sites is 1. The third kappa shape index (κ3) is 7.55. The Bertz CT molecular complexity index is 1200. The van der Waals surface area contributed by atoms with Gasteiger partial charge in [-0.05, 0) is 76.7 Å². The predicted molar refractivity (Wildman–Crippen MR) is 132 cm³/mol. The van der Waals surface area contributed by atoms with Crippen molar-refractivity contribution in [3.05, 3.63) is 88.0 Å². The van der Waals surface area contributed by atoms with E-state index in [1.165, 1.54) is 12.1 Å². The zero-order valence-electron chi connectivity index (χ0n) is 17.3. The summed E-state index contributed by atoms with van der Waals surface area (Å²) in [5.74, 6) is -1.09. The molecule has 0 heterocycles. The van der Waals surface area contributed by atoms with Crippen LogP contribution >= 0.6 is 22.6 Å². The number of carbonyl (C=O) groups is 2. The fraction of sp³-hybridized carbons (Fsp3) is 0.130. The molecule has 33 heavy (non-hydrogen) atoms. The maximum Gasteiger partial charge on any atom is 0.307 e. The third-order valence-corrected chi connectivity index (χ3v) is 6.68. The van der Waals surface area contributed by atoms with Gasteiger partial charge in [-0.3, -0.25) is 9.59 Å². The number of hydrogen-bond acceptors (Lipinski definition) is 5. The van der Waals surface area contributed by atoms with Crippen molar-refractivity contribution in [1.29, 1.82) is 0 Å². The van der Waals surface area contributed by atoms with Crippen LogP contribution in [0.5, 0.6) is 5.75 Å². The van der Waals surface area contributed by atoms with Crippen molar-refractivity contribution < 1.29 is 27.9 Å². The highest BCUT2D eigenvalue weighted by molar-refractivity contribution is 14.1. The van der Waals surface area contributed by atoms with Gasteiger partial charge < -0.3 is 15.2 Å². The topological polar surface area (TPSA) is 122 Å². The molecule has 0 saturated heterocycles. The number of carboxylic acid groups (broad SMARTS) is 1. The lowest BCUT2D eigenvalue weighted by Crippen LogP contribution is -2.47. The Morgan fingerprint density at radius 3 is 2.18 bits per heavy atom. The molecule has 172 valence electrons. The highest BCUT2D eigenvalue weighted by Crippen LogP contribution is 2.15. The van der Waals surface area contributed by atoms with Gasteiger partial charge in [0.15, 0.2) is 0 Å². The van der Waals surface area contributed by atoms with Crippen LogP contribution in [-0.4, -0.2) is 38.0 Å². The average molecular weight is 580 g/mol. The minimum Gasteiger partial charge on any atom is -0.491 e. The van der Waals surface area contributed by atoms with Crippen LogP contribution in [0, 0.1) is 3.57 Å². The Labute approximate surface area is 205 Å². The first-order valence-electron chi connectivity index (χ1n) is 9.80. The number of benzene rings is 3. The highest BCUT2D eigenvalue weighted by Gasteiger charge is 2.27. The summed E-state index contributed by atoms with van der Waals surface area (Å²) >= 11 is 2.07. The Kier molecular flexibility index (Phi) is 8.42. The monoisotopic (exact) mass is 580 g/mol. The fourth-order valence-electron chi connectivity index (χ4n) is 2.84. The first-order chi connectivity index (χ1) is 15.7. The van der Waals surface area contributed by atoms with Gasteiger partial charge in [0.25, 0.3) is 0 Å². The Morgan fingerprint density at radius 1 is 0.939 bits per heavy atom. The van der Waals surface area contributed by atoms with Crippen LogP contribution in [0.25, 0.3) is 0 Å². The molecule has 0 radical (unpaired) electrons. The predicted octanol–water partition coefficient (Wildman–Crippen LogP) is 3.28. The third-order valence-electron chi connectivity index (χ3n) is 4.47. The van der Waals surface area contributed by atoms with E-state index in [2.05, 4.69) is 32.6 Å². The van der Waals surface area contributed by atoms with Crippen LogP contribution in [0.3, 0.4) is 0 Å². The minimum absolute atomic E-state index is 0.0263. The Balaban J connectivity index is 1.77. The van der Waals surface area contributed by atoms with Crippen molar-refractivity contribution in [2.24, 2.45) is 0 Å². The van der Waals surface area contributed by atoms with Gasteiger partial charge in [0.1, 0.15) is 18.4 Å². The van der Waals surface area contributed by atoms with Gasteiger partial charge in [0.05, 0.1) is 11.3 Å². The van der Waals surface area contributed by atoms with Gasteiger partial charge >= 0.3 is 5.97 Å². The van der Waals surface area contributed by atoms with Gasteiger partial charge in [0, 0.05) is 9.26 Å². The van der Waals surface area contributed by atoms with Crippen LogP contribution < -0.4 is 14.8 Å². The Hall–Kier alpha value is -2.96. The number of aliphatic carboxylic acids is 1. The molecule has 0 aromatic heterocycles. The van der Waals surface area contributed by atoms with E-state index in [4.69, 9.17) is 9.84 Å². The standard InChI is InChI=1S/C23H21IN2O6S/c24-17-8-12-20(13-9-17)33(30,31)26-21(15-32-19-4-2-1-3-5-19)23(29)25-18-10-6-16(7-11-18)14-22(27)28/h1-13,21,26H,14-15H2,(H,25,29)(H,27,28). The first kappa shape index (κ1) is 24.7. The van der Waals surface area contributed by atoms with Crippen molar-refractivity contribution >= 4 is 50.2 Å². The molecule has 1 amide bonds. The molecule has 0 spiro atoms. The normalized spacial score (nSPS) is 12.0. The zero-order valence-corrected chi connectivity index (χ0v) is 20.2. The number of ether oxygens (including phenoxy) is 1. The summed E-state index contributed by atoms with van der Waals surface area (Å²) in [6.45, 7) is -0.240. The number of nitrogens with one attached hydrogen (secondary N) is 2. The van der Waals surface area contributed by atoms with Crippen molar-refractivity contribution in [3.8, 4) is 5.75 Å². The van der Waals surface area contributed by atoms with Gasteiger partial charge in [-0.15, -0.1) is 0 Å². The van der Waals surface area contributed by atoms with Crippen LogP contribution in [0.1, 0.15) is 5.56 Å². The second kappa shape index (κ2) is 11.3. The highest BCUT2D eigenvalue weighted by atomic mass is 127. The molecule has 3 rings (SSSR count). The molecule has 0 aliphatic heterocycles. The summed E-state index contributed by atoms with van der Waals surface area (Å²) in [7, 11) is -4.00. The molecule has 0 aliphatic rings. The van der Waals surface area contributed by atoms with Gasteiger partial charge in [-0.2, -0.15) is 4.72 Å². The number of halogens is 1. The number of anilines is 1. The number of amides is 1. The van der Waals surface area contributed by atoms with Crippen molar-refractivity contribution in [2.75, 3.05) is 11.9 Å². The van der Waals surface area contributed by atoms with Gasteiger partial charge in [-0.1, -0.05) is 30.3 Å². The molecule has 0 saturated carbocycles. The van der Waals surface area contributed by atoms with E-state index in [0.29, 0.717) is 17.0 Å². The summed E-state index contributed by atoms with van der Waals surface area (Å²) < 4.78 is 34.7. The zero-order chi connectivity index (χ0) is 23.8. The summed E-state index contributed by atoms with van der Waals surface area (Å²) in [4.78, 5) is 23.8. The van der Waals surface area contributed by atoms with E-state index < -0.39 is 27.9 Å². The van der Waals surface area contributed by atoms with Crippen LogP contribution in [0.15, 0.2) is 83.8 Å². The summed E-state index contributed by atoms with van der Waals surface area (Å²) in [5, 5.41) is 11.5. The van der Waals surface area contributed by atoms with E-state index >= 15 is 0 Å². The van der Waals surface area contributed by atoms with Gasteiger partial charge in [0.2, 0.25) is 15.9 Å². The van der Waals surface area contributed by atoms with Crippen molar-refractivity contribution in [3.63, 3.8) is 0 Å². The first-order valence-corrected chi connectivity index (χ1v) is 12.4. The van der Waals surface area contributed by atoms with E-state index in [-0.39, 0.29) is 17.9 Å². The largest absolute Gasteiger partial charge is 0.491 e. The van der Waals surface area contributed by atoms with Crippen LogP contribution in [-0.2, 0) is 26.0 Å². The maximum atomic E-state index is 12.9. The van der Waals surface area contributed by atoms with E-state index in [0.717, 1.165) is 3.57 Å². The molecular formula is C23H21IN2O6S. The number of rotatable bonds is 10. The summed E-state index contributed by atoms with van der Waals surface area (Å²) in [6, 6.07) is 20.0. The van der Waals surface area contributed by atoms with E-state index in [1.54, 1.807) is 60.7 Å². The summed E-state index contributed by atoms with van der Waals surface area (Å²) in [6.07, 6.45) is -0.141. The lowest BCUT2D eigenvalue weighted by atomic mass is 10.1. The molecule has 8 nitrogen and oxygen atoms in total. The fourth-order valence-corrected chi connectivity index (χ4v) is 4.38. The van der Waals surface area contributed by atoms with Crippen LogP contribution in [0.2, 0.25) is 0 Å². The van der Waals surface area contributed by atoms with Crippen molar-refractivity contribution in [2.45, 2.75) is 17.4 Å². The quantitative estimate of drug-likeness (QED) is 0.317. The number of hydrogen-bond donors (Lipinski definition) is 3. The summed E-state index contributed by atoms with van der Waals surface area (Å²) in [5.41, 5.74) is 0.969.